The Morgan fingerprint density at radius 2 is 1.67 bits per heavy atom. The molecular formula is C20H25NO3. The van der Waals surface area contributed by atoms with Crippen LogP contribution >= 0.6 is 0 Å². The predicted molar refractivity (Wildman–Crippen MR) is 95.7 cm³/mol. The first-order valence-corrected chi connectivity index (χ1v) is 8.57. The van der Waals surface area contributed by atoms with Gasteiger partial charge in [-0.25, -0.2) is 0 Å². The van der Waals surface area contributed by atoms with Gasteiger partial charge in [0.1, 0.15) is 0 Å². The number of fused-ring (bicyclic) bond motifs is 2. The second-order valence-corrected chi connectivity index (χ2v) is 7.23. The molecule has 24 heavy (non-hydrogen) atoms. The summed E-state index contributed by atoms with van der Waals surface area (Å²) in [5.74, 6) is 2.41. The lowest BCUT2D eigenvalue weighted by atomic mass is 10.0. The lowest BCUT2D eigenvalue weighted by Crippen LogP contribution is -2.37. The molecule has 0 saturated heterocycles. The van der Waals surface area contributed by atoms with Gasteiger partial charge in [0.05, 0.1) is 0 Å². The van der Waals surface area contributed by atoms with Crippen molar-refractivity contribution in [3.8, 4) is 11.5 Å². The second-order valence-electron chi connectivity index (χ2n) is 7.23. The predicted octanol–water partition coefficient (Wildman–Crippen LogP) is 4.32. The van der Waals surface area contributed by atoms with E-state index in [1.165, 1.54) is 0 Å². The number of ether oxygens (including phenoxy) is 2. The summed E-state index contributed by atoms with van der Waals surface area (Å²) in [5, 5.41) is 1.92. The number of rotatable bonds is 5. The Morgan fingerprint density at radius 1 is 1.04 bits per heavy atom. The molecule has 1 heterocycles. The van der Waals surface area contributed by atoms with E-state index in [0.29, 0.717) is 17.6 Å². The van der Waals surface area contributed by atoms with Crippen LogP contribution in [0.15, 0.2) is 30.3 Å². The quantitative estimate of drug-likeness (QED) is 0.821. The van der Waals surface area contributed by atoms with E-state index in [2.05, 4.69) is 27.7 Å². The third-order valence-electron chi connectivity index (χ3n) is 4.06. The van der Waals surface area contributed by atoms with Crippen LogP contribution in [-0.2, 0) is 0 Å². The summed E-state index contributed by atoms with van der Waals surface area (Å²) in [7, 11) is 0. The fourth-order valence-corrected chi connectivity index (χ4v) is 3.15. The lowest BCUT2D eigenvalue weighted by molar-refractivity contribution is 0.0717. The van der Waals surface area contributed by atoms with Gasteiger partial charge in [-0.05, 0) is 40.8 Å². The second kappa shape index (κ2) is 6.71. The molecule has 0 N–H and O–H groups in total. The van der Waals surface area contributed by atoms with Crippen molar-refractivity contribution in [2.24, 2.45) is 11.8 Å². The molecule has 4 heteroatoms. The number of carbonyl (C=O) groups is 1. The summed E-state index contributed by atoms with van der Waals surface area (Å²) in [6.07, 6.45) is 0. The molecule has 0 saturated carbocycles. The highest BCUT2D eigenvalue weighted by molar-refractivity contribution is 6.07. The van der Waals surface area contributed by atoms with Crippen molar-refractivity contribution >= 4 is 16.7 Å². The van der Waals surface area contributed by atoms with Crippen molar-refractivity contribution < 1.29 is 14.3 Å². The zero-order valence-electron chi connectivity index (χ0n) is 14.8. The molecule has 0 atom stereocenters. The van der Waals surface area contributed by atoms with Crippen LogP contribution in [0.4, 0.5) is 0 Å². The van der Waals surface area contributed by atoms with E-state index in [0.717, 1.165) is 35.2 Å². The van der Waals surface area contributed by atoms with E-state index in [9.17, 15) is 4.79 Å². The fraction of sp³-hybridized carbons (Fsp3) is 0.450. The van der Waals surface area contributed by atoms with Crippen LogP contribution < -0.4 is 9.47 Å². The lowest BCUT2D eigenvalue weighted by Gasteiger charge is -2.27. The number of hydrogen-bond donors (Lipinski definition) is 0. The first-order valence-electron chi connectivity index (χ1n) is 8.57. The zero-order chi connectivity index (χ0) is 17.3. The van der Waals surface area contributed by atoms with Gasteiger partial charge in [0, 0.05) is 18.7 Å². The average Bonchev–Trinajstić information content (AvgIpc) is 2.97. The molecular weight excluding hydrogens is 302 g/mol. The van der Waals surface area contributed by atoms with Crippen molar-refractivity contribution in [2.75, 3.05) is 19.9 Å². The van der Waals surface area contributed by atoms with Crippen LogP contribution in [0, 0.1) is 11.8 Å². The monoisotopic (exact) mass is 327 g/mol. The van der Waals surface area contributed by atoms with Crippen LogP contribution in [0.2, 0.25) is 0 Å². The summed E-state index contributed by atoms with van der Waals surface area (Å²) in [5.41, 5.74) is 0.729. The van der Waals surface area contributed by atoms with Crippen LogP contribution in [0.1, 0.15) is 38.1 Å². The first-order chi connectivity index (χ1) is 11.5. The Hall–Kier alpha value is -2.23. The van der Waals surface area contributed by atoms with E-state index < -0.39 is 0 Å². The topological polar surface area (TPSA) is 38.8 Å². The Balaban J connectivity index is 2.01. The van der Waals surface area contributed by atoms with E-state index in [-0.39, 0.29) is 12.7 Å². The molecule has 128 valence electrons. The van der Waals surface area contributed by atoms with Crippen molar-refractivity contribution in [1.29, 1.82) is 0 Å². The zero-order valence-corrected chi connectivity index (χ0v) is 14.8. The van der Waals surface area contributed by atoms with Crippen LogP contribution in [0.25, 0.3) is 10.8 Å². The van der Waals surface area contributed by atoms with Gasteiger partial charge in [-0.3, -0.25) is 4.79 Å². The van der Waals surface area contributed by atoms with Gasteiger partial charge >= 0.3 is 0 Å². The fourth-order valence-electron chi connectivity index (χ4n) is 3.15. The molecule has 1 aliphatic heterocycles. The molecule has 0 radical (unpaired) electrons. The minimum Gasteiger partial charge on any atom is -0.454 e. The Morgan fingerprint density at radius 3 is 2.29 bits per heavy atom. The van der Waals surface area contributed by atoms with E-state index in [1.807, 2.05) is 35.2 Å². The van der Waals surface area contributed by atoms with Gasteiger partial charge < -0.3 is 14.4 Å². The number of nitrogens with zero attached hydrogens (tertiary/aromatic N) is 1. The highest BCUT2D eigenvalue weighted by Gasteiger charge is 2.22. The molecule has 0 fully saturated rings. The number of hydrogen-bond acceptors (Lipinski definition) is 3. The van der Waals surface area contributed by atoms with Crippen molar-refractivity contribution in [1.82, 2.24) is 4.90 Å². The number of amides is 1. The van der Waals surface area contributed by atoms with Crippen LogP contribution in [0.3, 0.4) is 0 Å². The standard InChI is InChI=1S/C20H25NO3/c1-13(2)10-21(11-14(3)4)20(22)16-7-5-6-15-8-18-19(9-17(15)16)24-12-23-18/h5-9,13-14H,10-12H2,1-4H3. The Labute approximate surface area is 143 Å². The molecule has 1 amide bonds. The third-order valence-corrected chi connectivity index (χ3v) is 4.06. The number of benzene rings is 2. The Kier molecular flexibility index (Phi) is 4.65. The van der Waals surface area contributed by atoms with E-state index >= 15 is 0 Å². The molecule has 0 aliphatic carbocycles. The van der Waals surface area contributed by atoms with E-state index in [1.54, 1.807) is 0 Å². The molecule has 2 aromatic carbocycles. The molecule has 0 spiro atoms. The molecule has 0 aromatic heterocycles. The van der Waals surface area contributed by atoms with Crippen LogP contribution in [-0.4, -0.2) is 30.7 Å². The third kappa shape index (κ3) is 3.32. The smallest absolute Gasteiger partial charge is 0.254 e. The highest BCUT2D eigenvalue weighted by Crippen LogP contribution is 2.37. The minimum absolute atomic E-state index is 0.0851. The first kappa shape index (κ1) is 16.6. The van der Waals surface area contributed by atoms with Gasteiger partial charge in [0.2, 0.25) is 6.79 Å². The van der Waals surface area contributed by atoms with Crippen LogP contribution in [0.5, 0.6) is 11.5 Å². The van der Waals surface area contributed by atoms with Gasteiger partial charge in [0.25, 0.3) is 5.91 Å². The van der Waals surface area contributed by atoms with Gasteiger partial charge in [-0.2, -0.15) is 0 Å². The SMILES string of the molecule is CC(C)CN(CC(C)C)C(=O)c1cccc2cc3c(cc12)OCO3. The maximum atomic E-state index is 13.2. The molecule has 2 aromatic rings. The van der Waals surface area contributed by atoms with Gasteiger partial charge in [-0.1, -0.05) is 39.8 Å². The maximum absolute atomic E-state index is 13.2. The highest BCUT2D eigenvalue weighted by atomic mass is 16.7. The minimum atomic E-state index is 0.0851. The van der Waals surface area contributed by atoms with E-state index in [4.69, 9.17) is 9.47 Å². The summed E-state index contributed by atoms with van der Waals surface area (Å²) in [4.78, 5) is 15.2. The molecule has 0 unspecified atom stereocenters. The van der Waals surface area contributed by atoms with Crippen molar-refractivity contribution in [3.63, 3.8) is 0 Å². The molecule has 4 nitrogen and oxygen atoms in total. The summed E-state index contributed by atoms with van der Waals surface area (Å²) >= 11 is 0. The summed E-state index contributed by atoms with van der Waals surface area (Å²) in [6.45, 7) is 10.3. The molecule has 3 rings (SSSR count). The molecule has 0 bridgehead atoms. The van der Waals surface area contributed by atoms with Gasteiger partial charge in [0.15, 0.2) is 11.5 Å². The number of carbonyl (C=O) groups excluding carboxylic acids is 1. The normalized spacial score (nSPS) is 13.1. The van der Waals surface area contributed by atoms with Crippen molar-refractivity contribution in [2.45, 2.75) is 27.7 Å². The van der Waals surface area contributed by atoms with Crippen molar-refractivity contribution in [3.05, 3.63) is 35.9 Å². The summed E-state index contributed by atoms with van der Waals surface area (Å²) < 4.78 is 10.9. The van der Waals surface area contributed by atoms with Gasteiger partial charge in [-0.15, -0.1) is 0 Å². The summed E-state index contributed by atoms with van der Waals surface area (Å²) in [6, 6.07) is 9.71. The average molecular weight is 327 g/mol. The molecule has 1 aliphatic rings. The Bertz CT molecular complexity index is 742. The largest absolute Gasteiger partial charge is 0.454 e. The maximum Gasteiger partial charge on any atom is 0.254 e.